The molecule has 0 unspecified atom stereocenters. The van der Waals surface area contributed by atoms with E-state index in [1.54, 1.807) is 7.11 Å². The number of methoxy groups -OCH3 is 1. The Balaban J connectivity index is 2.21. The number of halogens is 1. The molecule has 0 spiro atoms. The van der Waals surface area contributed by atoms with Crippen molar-refractivity contribution < 1.29 is 4.74 Å². The van der Waals surface area contributed by atoms with Gasteiger partial charge in [-0.15, -0.1) is 5.10 Å². The molecule has 1 aromatic carbocycles. The Morgan fingerprint density at radius 1 is 1.47 bits per heavy atom. The van der Waals surface area contributed by atoms with E-state index in [1.807, 2.05) is 22.9 Å². The molecule has 0 fully saturated rings. The molecule has 1 heterocycles. The molecule has 1 aromatic heterocycles. The van der Waals surface area contributed by atoms with E-state index >= 15 is 0 Å². The van der Waals surface area contributed by atoms with Crippen molar-refractivity contribution in [2.75, 3.05) is 13.7 Å². The third kappa shape index (κ3) is 2.35. The van der Waals surface area contributed by atoms with Crippen molar-refractivity contribution in [3.63, 3.8) is 0 Å². The highest BCUT2D eigenvalue weighted by atomic mass is 79.9. The van der Waals surface area contributed by atoms with Gasteiger partial charge in [-0.25, -0.2) is 4.68 Å². The zero-order valence-electron chi connectivity index (χ0n) is 8.48. The molecular formula is C10H12BrN3O. The summed E-state index contributed by atoms with van der Waals surface area (Å²) >= 11 is 3.41. The van der Waals surface area contributed by atoms with Gasteiger partial charge in [-0.3, -0.25) is 0 Å². The van der Waals surface area contributed by atoms with Gasteiger partial charge >= 0.3 is 0 Å². The fourth-order valence-corrected chi connectivity index (χ4v) is 1.82. The lowest BCUT2D eigenvalue weighted by Gasteiger charge is -2.01. The zero-order chi connectivity index (χ0) is 10.7. The molecule has 5 heteroatoms. The van der Waals surface area contributed by atoms with Gasteiger partial charge in [0.25, 0.3) is 0 Å². The number of hydrogen-bond donors (Lipinski definition) is 0. The van der Waals surface area contributed by atoms with E-state index in [0.717, 1.165) is 35.1 Å². The number of aromatic nitrogens is 3. The largest absolute Gasteiger partial charge is 0.385 e. The van der Waals surface area contributed by atoms with Crippen LogP contribution in [-0.2, 0) is 11.3 Å². The molecule has 2 rings (SSSR count). The SMILES string of the molecule is COCCCn1nnc2cc(Br)ccc21. The summed E-state index contributed by atoms with van der Waals surface area (Å²) in [5.74, 6) is 0. The highest BCUT2D eigenvalue weighted by Gasteiger charge is 2.03. The van der Waals surface area contributed by atoms with E-state index in [2.05, 4.69) is 26.2 Å². The van der Waals surface area contributed by atoms with Gasteiger partial charge < -0.3 is 4.74 Å². The van der Waals surface area contributed by atoms with Gasteiger partial charge in [0.05, 0.1) is 5.52 Å². The van der Waals surface area contributed by atoms with Gasteiger partial charge in [0, 0.05) is 24.7 Å². The van der Waals surface area contributed by atoms with Gasteiger partial charge in [0.1, 0.15) is 5.52 Å². The van der Waals surface area contributed by atoms with Crippen LogP contribution < -0.4 is 0 Å². The van der Waals surface area contributed by atoms with Gasteiger partial charge in [0.15, 0.2) is 0 Å². The maximum atomic E-state index is 5.00. The van der Waals surface area contributed by atoms with Gasteiger partial charge in [0.2, 0.25) is 0 Å². The van der Waals surface area contributed by atoms with Crippen LogP contribution in [0.25, 0.3) is 11.0 Å². The van der Waals surface area contributed by atoms with Crippen molar-refractivity contribution >= 4 is 27.0 Å². The first-order chi connectivity index (χ1) is 7.31. The van der Waals surface area contributed by atoms with E-state index in [0.29, 0.717) is 0 Å². The summed E-state index contributed by atoms with van der Waals surface area (Å²) < 4.78 is 7.93. The number of benzene rings is 1. The molecule has 0 N–H and O–H groups in total. The van der Waals surface area contributed by atoms with Crippen LogP contribution in [0, 0.1) is 0 Å². The third-order valence-electron chi connectivity index (χ3n) is 2.19. The van der Waals surface area contributed by atoms with Crippen molar-refractivity contribution in [1.82, 2.24) is 15.0 Å². The Kier molecular flexibility index (Phi) is 3.33. The lowest BCUT2D eigenvalue weighted by Crippen LogP contribution is -2.03. The van der Waals surface area contributed by atoms with Crippen LogP contribution in [0.4, 0.5) is 0 Å². The molecular weight excluding hydrogens is 258 g/mol. The first-order valence-electron chi connectivity index (χ1n) is 4.79. The Hall–Kier alpha value is -0.940. The Morgan fingerprint density at radius 3 is 3.13 bits per heavy atom. The summed E-state index contributed by atoms with van der Waals surface area (Å²) in [7, 11) is 1.70. The van der Waals surface area contributed by atoms with E-state index in [-0.39, 0.29) is 0 Å². The van der Waals surface area contributed by atoms with Crippen molar-refractivity contribution in [2.45, 2.75) is 13.0 Å². The predicted octanol–water partition coefficient (Wildman–Crippen LogP) is 2.23. The number of fused-ring (bicyclic) bond motifs is 1. The molecule has 2 aromatic rings. The Bertz CT molecular complexity index is 455. The molecule has 0 aliphatic rings. The second-order valence-corrected chi connectivity index (χ2v) is 4.21. The molecule has 0 aliphatic heterocycles. The van der Waals surface area contributed by atoms with Crippen LogP contribution in [0.5, 0.6) is 0 Å². The molecule has 0 aliphatic carbocycles. The van der Waals surface area contributed by atoms with Crippen LogP contribution in [0.3, 0.4) is 0 Å². The van der Waals surface area contributed by atoms with Crippen molar-refractivity contribution in [1.29, 1.82) is 0 Å². The van der Waals surface area contributed by atoms with Crippen molar-refractivity contribution in [2.24, 2.45) is 0 Å². The average molecular weight is 270 g/mol. The van der Waals surface area contributed by atoms with Gasteiger partial charge in [-0.2, -0.15) is 0 Å². The molecule has 0 bridgehead atoms. The second-order valence-electron chi connectivity index (χ2n) is 3.29. The van der Waals surface area contributed by atoms with E-state index in [1.165, 1.54) is 0 Å². The molecule has 0 radical (unpaired) electrons. The first-order valence-corrected chi connectivity index (χ1v) is 5.58. The molecule has 4 nitrogen and oxygen atoms in total. The topological polar surface area (TPSA) is 39.9 Å². The molecule has 80 valence electrons. The quantitative estimate of drug-likeness (QED) is 0.800. The number of ether oxygens (including phenoxy) is 1. The van der Waals surface area contributed by atoms with Crippen molar-refractivity contribution in [3.05, 3.63) is 22.7 Å². The smallest absolute Gasteiger partial charge is 0.114 e. The monoisotopic (exact) mass is 269 g/mol. The van der Waals surface area contributed by atoms with Crippen LogP contribution in [0.1, 0.15) is 6.42 Å². The standard InChI is InChI=1S/C10H12BrN3O/c1-15-6-2-5-14-10-4-3-8(11)7-9(10)12-13-14/h3-4,7H,2,5-6H2,1H3. The van der Waals surface area contributed by atoms with Crippen molar-refractivity contribution in [3.8, 4) is 0 Å². The number of rotatable bonds is 4. The number of hydrogen-bond acceptors (Lipinski definition) is 3. The van der Waals surface area contributed by atoms with Crippen LogP contribution in [0.2, 0.25) is 0 Å². The fraction of sp³-hybridized carbons (Fsp3) is 0.400. The van der Waals surface area contributed by atoms with E-state index in [4.69, 9.17) is 4.74 Å². The summed E-state index contributed by atoms with van der Waals surface area (Å²) in [5, 5.41) is 8.20. The molecule has 15 heavy (non-hydrogen) atoms. The zero-order valence-corrected chi connectivity index (χ0v) is 10.1. The summed E-state index contributed by atoms with van der Waals surface area (Å²) in [5.41, 5.74) is 1.98. The minimum Gasteiger partial charge on any atom is -0.385 e. The summed E-state index contributed by atoms with van der Waals surface area (Å²) in [4.78, 5) is 0. The minimum absolute atomic E-state index is 0.748. The van der Waals surface area contributed by atoms with Crippen LogP contribution >= 0.6 is 15.9 Å². The minimum atomic E-state index is 0.748. The maximum absolute atomic E-state index is 5.00. The summed E-state index contributed by atoms with van der Waals surface area (Å²) in [6.45, 7) is 1.59. The molecule has 0 atom stereocenters. The molecule has 0 amide bonds. The molecule has 0 saturated carbocycles. The predicted molar refractivity (Wildman–Crippen MR) is 61.7 cm³/mol. The number of nitrogens with zero attached hydrogens (tertiary/aromatic N) is 3. The summed E-state index contributed by atoms with van der Waals surface area (Å²) in [6, 6.07) is 5.99. The number of aryl methyl sites for hydroxylation is 1. The summed E-state index contributed by atoms with van der Waals surface area (Å²) in [6.07, 6.45) is 0.949. The molecule has 0 saturated heterocycles. The lowest BCUT2D eigenvalue weighted by molar-refractivity contribution is 0.189. The Labute approximate surface area is 96.3 Å². The first kappa shape index (κ1) is 10.6. The highest BCUT2D eigenvalue weighted by molar-refractivity contribution is 9.10. The highest BCUT2D eigenvalue weighted by Crippen LogP contribution is 2.17. The van der Waals surface area contributed by atoms with Crippen LogP contribution in [-0.4, -0.2) is 28.7 Å². The van der Waals surface area contributed by atoms with Crippen LogP contribution in [0.15, 0.2) is 22.7 Å². The van der Waals surface area contributed by atoms with Gasteiger partial charge in [-0.1, -0.05) is 21.1 Å². The normalized spacial score (nSPS) is 11.1. The van der Waals surface area contributed by atoms with Gasteiger partial charge in [-0.05, 0) is 24.6 Å². The Morgan fingerprint density at radius 2 is 2.33 bits per heavy atom. The van der Waals surface area contributed by atoms with E-state index < -0.39 is 0 Å². The van der Waals surface area contributed by atoms with E-state index in [9.17, 15) is 0 Å². The lowest BCUT2D eigenvalue weighted by atomic mass is 10.3. The average Bonchev–Trinajstić information content (AvgIpc) is 2.61. The maximum Gasteiger partial charge on any atom is 0.114 e. The fourth-order valence-electron chi connectivity index (χ4n) is 1.47. The second kappa shape index (κ2) is 4.72. The third-order valence-corrected chi connectivity index (χ3v) is 2.69.